The molecule has 11 heavy (non-hydrogen) atoms. The van der Waals surface area contributed by atoms with Crippen LogP contribution in [0.25, 0.3) is 0 Å². The van der Waals surface area contributed by atoms with Gasteiger partial charge in [0.15, 0.2) is 0 Å². The molecule has 3 N–H and O–H groups in total. The molecule has 2 heterocycles. The molecule has 0 bridgehead atoms. The number of nitrogens with two attached hydrogens (primary N) is 1. The quantitative estimate of drug-likeness (QED) is 0.520. The lowest BCUT2D eigenvalue weighted by molar-refractivity contribution is 0.588. The first kappa shape index (κ1) is 6.60. The Morgan fingerprint density at radius 3 is 3.36 bits per heavy atom. The van der Waals surface area contributed by atoms with Crippen LogP contribution < -0.4 is 11.1 Å². The molecule has 1 aromatic heterocycles. The second-order valence-electron chi connectivity index (χ2n) is 2.64. The van der Waals surface area contributed by atoms with Gasteiger partial charge in [0, 0.05) is 6.54 Å². The average Bonchev–Trinajstić information content (AvgIpc) is 2.17. The van der Waals surface area contributed by atoms with Gasteiger partial charge in [0.2, 0.25) is 5.95 Å². The zero-order valence-corrected chi connectivity index (χ0v) is 6.25. The van der Waals surface area contributed by atoms with Gasteiger partial charge >= 0.3 is 0 Å². The number of anilines is 1. The number of aryl methyl sites for hydroxylation is 1. The third-order valence-electron chi connectivity index (χ3n) is 1.77. The Labute approximate surface area is 64.6 Å². The summed E-state index contributed by atoms with van der Waals surface area (Å²) >= 11 is 0. The van der Waals surface area contributed by atoms with Crippen LogP contribution in [0.1, 0.15) is 12.2 Å². The highest BCUT2D eigenvalue weighted by Gasteiger charge is 2.09. The number of nitrogens with one attached hydrogen (secondary N) is 1. The van der Waals surface area contributed by atoms with E-state index in [9.17, 15) is 0 Å². The minimum Gasteiger partial charge on any atom is -0.366 e. The van der Waals surface area contributed by atoms with Gasteiger partial charge in [-0.3, -0.25) is 0 Å². The fourth-order valence-corrected chi connectivity index (χ4v) is 1.26. The number of fused-ring (bicyclic) bond motifs is 1. The topological polar surface area (TPSA) is 68.8 Å². The monoisotopic (exact) mass is 153 g/mol. The standard InChI is InChI=1S/C6H11N5/c7-6-9-5-4-8-2-1-3-11(5)10-6/h8H,1-4H2,(H2,7,10). The molecule has 0 saturated carbocycles. The largest absolute Gasteiger partial charge is 0.366 e. The van der Waals surface area contributed by atoms with Crippen LogP contribution in [-0.2, 0) is 13.1 Å². The van der Waals surface area contributed by atoms with Crippen molar-refractivity contribution >= 4 is 5.95 Å². The van der Waals surface area contributed by atoms with E-state index in [4.69, 9.17) is 5.73 Å². The Bertz CT molecular complexity index is 230. The SMILES string of the molecule is Nc1nc2n(n1)CCCNC2. The third kappa shape index (κ3) is 1.19. The smallest absolute Gasteiger partial charge is 0.239 e. The maximum Gasteiger partial charge on any atom is 0.239 e. The summed E-state index contributed by atoms with van der Waals surface area (Å²) in [5.41, 5.74) is 5.44. The highest BCUT2D eigenvalue weighted by Crippen LogP contribution is 2.03. The van der Waals surface area contributed by atoms with Crippen molar-refractivity contribution in [1.29, 1.82) is 0 Å². The van der Waals surface area contributed by atoms with E-state index in [1.54, 1.807) is 0 Å². The maximum absolute atomic E-state index is 5.44. The lowest BCUT2D eigenvalue weighted by atomic mass is 10.4. The van der Waals surface area contributed by atoms with E-state index >= 15 is 0 Å². The van der Waals surface area contributed by atoms with Crippen LogP contribution in [0.4, 0.5) is 5.95 Å². The van der Waals surface area contributed by atoms with E-state index < -0.39 is 0 Å². The third-order valence-corrected chi connectivity index (χ3v) is 1.77. The Balaban J connectivity index is 2.32. The molecule has 5 nitrogen and oxygen atoms in total. The number of nitrogens with zero attached hydrogens (tertiary/aromatic N) is 3. The van der Waals surface area contributed by atoms with Crippen molar-refractivity contribution in [1.82, 2.24) is 20.1 Å². The molecule has 0 amide bonds. The first-order valence-corrected chi connectivity index (χ1v) is 3.76. The highest BCUT2D eigenvalue weighted by molar-refractivity contribution is 5.14. The zero-order valence-electron chi connectivity index (χ0n) is 6.25. The summed E-state index contributed by atoms with van der Waals surface area (Å²) in [6, 6.07) is 0. The van der Waals surface area contributed by atoms with Crippen molar-refractivity contribution in [2.45, 2.75) is 19.5 Å². The van der Waals surface area contributed by atoms with Gasteiger partial charge in [0.1, 0.15) is 5.82 Å². The minimum atomic E-state index is 0.378. The lowest BCUT2D eigenvalue weighted by Crippen LogP contribution is -2.12. The van der Waals surface area contributed by atoms with E-state index in [1.165, 1.54) is 0 Å². The van der Waals surface area contributed by atoms with E-state index in [0.717, 1.165) is 31.9 Å². The molecular formula is C6H11N5. The first-order valence-electron chi connectivity index (χ1n) is 3.76. The molecule has 1 aliphatic heterocycles. The van der Waals surface area contributed by atoms with Crippen molar-refractivity contribution in [3.05, 3.63) is 5.82 Å². The molecule has 1 aliphatic rings. The number of hydrogen-bond acceptors (Lipinski definition) is 4. The van der Waals surface area contributed by atoms with E-state index in [2.05, 4.69) is 15.4 Å². The van der Waals surface area contributed by atoms with Gasteiger partial charge in [0.05, 0.1) is 6.54 Å². The van der Waals surface area contributed by atoms with Gasteiger partial charge in [-0.15, -0.1) is 5.10 Å². The number of nitrogen functional groups attached to an aromatic ring is 1. The van der Waals surface area contributed by atoms with Gasteiger partial charge in [-0.2, -0.15) is 4.98 Å². The predicted octanol–water partition coefficient (Wildman–Crippen LogP) is -0.646. The van der Waals surface area contributed by atoms with Crippen LogP contribution in [-0.4, -0.2) is 21.3 Å². The summed E-state index contributed by atoms with van der Waals surface area (Å²) in [5, 5.41) is 7.29. The van der Waals surface area contributed by atoms with E-state index in [1.807, 2.05) is 4.68 Å². The first-order chi connectivity index (χ1) is 5.36. The van der Waals surface area contributed by atoms with Crippen molar-refractivity contribution in [3.63, 3.8) is 0 Å². The number of rotatable bonds is 0. The fourth-order valence-electron chi connectivity index (χ4n) is 1.26. The van der Waals surface area contributed by atoms with Crippen LogP contribution in [0, 0.1) is 0 Å². The van der Waals surface area contributed by atoms with Crippen molar-refractivity contribution in [2.24, 2.45) is 0 Å². The van der Waals surface area contributed by atoms with Crippen LogP contribution >= 0.6 is 0 Å². The van der Waals surface area contributed by atoms with Gasteiger partial charge in [-0.25, -0.2) is 4.68 Å². The number of aromatic nitrogens is 3. The van der Waals surface area contributed by atoms with E-state index in [0.29, 0.717) is 5.95 Å². The van der Waals surface area contributed by atoms with E-state index in [-0.39, 0.29) is 0 Å². The summed E-state index contributed by atoms with van der Waals surface area (Å²) in [6.45, 7) is 2.74. The molecule has 0 saturated heterocycles. The molecule has 0 unspecified atom stereocenters. The number of hydrogen-bond donors (Lipinski definition) is 2. The van der Waals surface area contributed by atoms with Gasteiger partial charge in [0.25, 0.3) is 0 Å². The highest BCUT2D eigenvalue weighted by atomic mass is 15.4. The maximum atomic E-state index is 5.44. The van der Waals surface area contributed by atoms with Crippen LogP contribution in [0.3, 0.4) is 0 Å². The Kier molecular flexibility index (Phi) is 1.50. The Hall–Kier alpha value is -1.10. The molecular weight excluding hydrogens is 142 g/mol. The molecule has 0 aromatic carbocycles. The zero-order chi connectivity index (χ0) is 7.68. The van der Waals surface area contributed by atoms with Crippen molar-refractivity contribution < 1.29 is 0 Å². The molecule has 2 rings (SSSR count). The molecule has 0 spiro atoms. The summed E-state index contributed by atoms with van der Waals surface area (Å²) < 4.78 is 1.87. The normalized spacial score (nSPS) is 17.5. The molecule has 0 aliphatic carbocycles. The molecule has 0 atom stereocenters. The molecule has 1 aromatic rings. The Morgan fingerprint density at radius 2 is 2.45 bits per heavy atom. The molecule has 60 valence electrons. The predicted molar refractivity (Wildman–Crippen MR) is 40.8 cm³/mol. The van der Waals surface area contributed by atoms with Gasteiger partial charge < -0.3 is 11.1 Å². The van der Waals surface area contributed by atoms with Crippen LogP contribution in [0.5, 0.6) is 0 Å². The average molecular weight is 153 g/mol. The van der Waals surface area contributed by atoms with Gasteiger partial charge in [-0.1, -0.05) is 0 Å². The van der Waals surface area contributed by atoms with Crippen molar-refractivity contribution in [3.8, 4) is 0 Å². The Morgan fingerprint density at radius 1 is 1.55 bits per heavy atom. The summed E-state index contributed by atoms with van der Waals surface area (Å²) in [6.07, 6.45) is 1.09. The molecule has 0 radical (unpaired) electrons. The summed E-state index contributed by atoms with van der Waals surface area (Å²) in [5.74, 6) is 1.32. The minimum absolute atomic E-state index is 0.378. The summed E-state index contributed by atoms with van der Waals surface area (Å²) in [7, 11) is 0. The second kappa shape index (κ2) is 2.50. The molecule has 0 fully saturated rings. The summed E-state index contributed by atoms with van der Waals surface area (Å²) in [4.78, 5) is 4.08. The van der Waals surface area contributed by atoms with Crippen molar-refractivity contribution in [2.75, 3.05) is 12.3 Å². The van der Waals surface area contributed by atoms with Gasteiger partial charge in [-0.05, 0) is 13.0 Å². The lowest BCUT2D eigenvalue weighted by Gasteiger charge is -1.95. The second-order valence-corrected chi connectivity index (χ2v) is 2.64. The molecule has 5 heteroatoms. The van der Waals surface area contributed by atoms with Crippen LogP contribution in [0.15, 0.2) is 0 Å². The van der Waals surface area contributed by atoms with Crippen LogP contribution in [0.2, 0.25) is 0 Å². The fraction of sp³-hybridized carbons (Fsp3) is 0.667.